The molecule has 20 heavy (non-hydrogen) atoms. The molecule has 1 aliphatic heterocycles. The van der Waals surface area contributed by atoms with Gasteiger partial charge in [0.2, 0.25) is 5.91 Å². The minimum absolute atomic E-state index is 0.0241. The Bertz CT molecular complexity index is 507. The van der Waals surface area contributed by atoms with E-state index in [0.717, 1.165) is 12.1 Å². The van der Waals surface area contributed by atoms with E-state index in [9.17, 15) is 9.59 Å². The van der Waals surface area contributed by atoms with E-state index >= 15 is 0 Å². The molecule has 2 rings (SSSR count). The minimum atomic E-state index is -0.434. The smallest absolute Gasteiger partial charge is 0.237 e. The predicted molar refractivity (Wildman–Crippen MR) is 80.9 cm³/mol. The molecule has 3 nitrogen and oxygen atoms in total. The van der Waals surface area contributed by atoms with Gasteiger partial charge in [-0.05, 0) is 36.5 Å². The Morgan fingerprint density at radius 3 is 2.80 bits per heavy atom. The van der Waals surface area contributed by atoms with Gasteiger partial charge in [0.05, 0.1) is 5.92 Å². The van der Waals surface area contributed by atoms with Crippen LogP contribution < -0.4 is 4.90 Å². The molecule has 0 spiro atoms. The van der Waals surface area contributed by atoms with E-state index in [4.69, 9.17) is 0 Å². The van der Waals surface area contributed by atoms with Crippen molar-refractivity contribution in [1.82, 2.24) is 0 Å². The Balaban J connectivity index is 2.25. The summed E-state index contributed by atoms with van der Waals surface area (Å²) in [6, 6.07) is 8.10. The molecule has 1 atom stereocenters. The summed E-state index contributed by atoms with van der Waals surface area (Å²) >= 11 is 0. The number of amides is 1. The molecule has 0 unspecified atom stereocenters. The fourth-order valence-corrected chi connectivity index (χ4v) is 2.73. The first-order valence-corrected chi connectivity index (χ1v) is 7.48. The van der Waals surface area contributed by atoms with Crippen molar-refractivity contribution in [2.75, 3.05) is 11.4 Å². The zero-order valence-corrected chi connectivity index (χ0v) is 12.6. The number of benzene rings is 1. The van der Waals surface area contributed by atoms with Gasteiger partial charge in [-0.1, -0.05) is 32.9 Å². The summed E-state index contributed by atoms with van der Waals surface area (Å²) in [5.74, 6) is 0.0445. The number of piperidine rings is 1. The van der Waals surface area contributed by atoms with Gasteiger partial charge in [-0.3, -0.25) is 9.59 Å². The van der Waals surface area contributed by atoms with Crippen LogP contribution in [0.2, 0.25) is 0 Å². The van der Waals surface area contributed by atoms with Crippen LogP contribution in [-0.2, 0) is 9.59 Å². The highest BCUT2D eigenvalue weighted by Gasteiger charge is 2.33. The van der Waals surface area contributed by atoms with Crippen molar-refractivity contribution in [1.29, 1.82) is 0 Å². The lowest BCUT2D eigenvalue weighted by atomic mass is 9.91. The van der Waals surface area contributed by atoms with Crippen LogP contribution in [0.5, 0.6) is 0 Å². The summed E-state index contributed by atoms with van der Waals surface area (Å²) in [5, 5.41) is 0. The zero-order chi connectivity index (χ0) is 14.7. The predicted octanol–water partition coefficient (Wildman–Crippen LogP) is 3.53. The molecule has 108 valence electrons. The van der Waals surface area contributed by atoms with Crippen LogP contribution in [-0.4, -0.2) is 18.2 Å². The third kappa shape index (κ3) is 2.92. The van der Waals surface area contributed by atoms with E-state index in [-0.39, 0.29) is 11.7 Å². The van der Waals surface area contributed by atoms with E-state index in [1.165, 1.54) is 5.56 Å². The van der Waals surface area contributed by atoms with Gasteiger partial charge in [-0.2, -0.15) is 0 Å². The lowest BCUT2D eigenvalue weighted by Gasteiger charge is -2.32. The maximum atomic E-state index is 12.5. The average Bonchev–Trinajstić information content (AvgIpc) is 2.46. The molecular formula is C17H23NO2. The molecule has 1 saturated heterocycles. The van der Waals surface area contributed by atoms with Gasteiger partial charge in [0, 0.05) is 18.7 Å². The fraction of sp³-hybridized carbons (Fsp3) is 0.529. The van der Waals surface area contributed by atoms with Crippen molar-refractivity contribution in [3.8, 4) is 0 Å². The van der Waals surface area contributed by atoms with Gasteiger partial charge in [0.1, 0.15) is 5.78 Å². The number of hydrogen-bond acceptors (Lipinski definition) is 2. The lowest BCUT2D eigenvalue weighted by molar-refractivity contribution is -0.133. The first-order valence-electron chi connectivity index (χ1n) is 7.48. The molecule has 0 aromatic heterocycles. The second-order valence-corrected chi connectivity index (χ2v) is 5.75. The molecule has 0 radical (unpaired) electrons. The van der Waals surface area contributed by atoms with Gasteiger partial charge in [-0.15, -0.1) is 0 Å². The van der Waals surface area contributed by atoms with Gasteiger partial charge in [-0.25, -0.2) is 0 Å². The van der Waals surface area contributed by atoms with Gasteiger partial charge in [0.25, 0.3) is 0 Å². The van der Waals surface area contributed by atoms with E-state index in [1.54, 1.807) is 4.90 Å². The largest absolute Gasteiger partial charge is 0.312 e. The second-order valence-electron chi connectivity index (χ2n) is 5.75. The fourth-order valence-electron chi connectivity index (χ4n) is 2.73. The Morgan fingerprint density at radius 1 is 1.40 bits per heavy atom. The molecular weight excluding hydrogens is 250 g/mol. The van der Waals surface area contributed by atoms with Crippen molar-refractivity contribution in [2.45, 2.75) is 46.0 Å². The number of carbonyl (C=O) groups excluding carboxylic acids is 2. The van der Waals surface area contributed by atoms with Crippen LogP contribution in [0.25, 0.3) is 0 Å². The summed E-state index contributed by atoms with van der Waals surface area (Å²) in [7, 11) is 0. The second kappa shape index (κ2) is 6.21. The Kier molecular flexibility index (Phi) is 4.58. The molecule has 1 fully saturated rings. The normalized spacial score (nSPS) is 19.5. The maximum Gasteiger partial charge on any atom is 0.237 e. The monoisotopic (exact) mass is 273 g/mol. The van der Waals surface area contributed by atoms with Crippen molar-refractivity contribution in [3.63, 3.8) is 0 Å². The molecule has 0 aliphatic carbocycles. The summed E-state index contributed by atoms with van der Waals surface area (Å²) in [5.41, 5.74) is 2.15. The molecule has 0 N–H and O–H groups in total. The number of nitrogens with zero attached hydrogens (tertiary/aromatic N) is 1. The van der Waals surface area contributed by atoms with Crippen LogP contribution >= 0.6 is 0 Å². The number of anilines is 1. The number of Topliss-reactive ketones (excluding diaryl/α,β-unsaturated/α-hetero) is 1. The molecule has 3 heteroatoms. The third-order valence-corrected chi connectivity index (χ3v) is 4.02. The highest BCUT2D eigenvalue weighted by Crippen LogP contribution is 2.28. The third-order valence-electron chi connectivity index (χ3n) is 4.02. The van der Waals surface area contributed by atoms with Crippen molar-refractivity contribution >= 4 is 17.4 Å². The topological polar surface area (TPSA) is 37.4 Å². The van der Waals surface area contributed by atoms with Crippen molar-refractivity contribution < 1.29 is 9.59 Å². The molecule has 1 heterocycles. The zero-order valence-electron chi connectivity index (χ0n) is 12.6. The summed E-state index contributed by atoms with van der Waals surface area (Å²) in [4.78, 5) is 26.2. The highest BCUT2D eigenvalue weighted by molar-refractivity contribution is 6.08. The van der Waals surface area contributed by atoms with Crippen molar-refractivity contribution in [3.05, 3.63) is 29.8 Å². The quantitative estimate of drug-likeness (QED) is 0.787. The Hall–Kier alpha value is -1.64. The SMILES string of the molecule is CCC(=O)[C@@H]1CCCN(c2cccc(C(C)C)c2)C1=O. The molecule has 1 aliphatic rings. The van der Waals surface area contributed by atoms with Crippen LogP contribution in [0.3, 0.4) is 0 Å². The standard InChI is InChI=1S/C17H23NO2/c1-4-16(19)15-9-6-10-18(17(15)20)14-8-5-7-13(11-14)12(2)3/h5,7-8,11-12,15H,4,6,9-10H2,1-3H3/t15-/m0/s1. The van der Waals surface area contributed by atoms with E-state index in [2.05, 4.69) is 26.0 Å². The molecule has 0 bridgehead atoms. The first-order chi connectivity index (χ1) is 9.54. The van der Waals surface area contributed by atoms with E-state index < -0.39 is 5.92 Å². The lowest BCUT2D eigenvalue weighted by Crippen LogP contribution is -2.44. The van der Waals surface area contributed by atoms with Crippen LogP contribution in [0.4, 0.5) is 5.69 Å². The summed E-state index contributed by atoms with van der Waals surface area (Å²) in [6.45, 7) is 6.82. The minimum Gasteiger partial charge on any atom is -0.312 e. The molecule has 1 aromatic carbocycles. The van der Waals surface area contributed by atoms with Crippen LogP contribution in [0, 0.1) is 5.92 Å². The van der Waals surface area contributed by atoms with Gasteiger partial charge < -0.3 is 4.90 Å². The van der Waals surface area contributed by atoms with Crippen LogP contribution in [0.15, 0.2) is 24.3 Å². The molecule has 1 aromatic rings. The van der Waals surface area contributed by atoms with Crippen molar-refractivity contribution in [2.24, 2.45) is 5.92 Å². The summed E-state index contributed by atoms with van der Waals surface area (Å²) < 4.78 is 0. The number of ketones is 1. The van der Waals surface area contributed by atoms with E-state index in [0.29, 0.717) is 25.3 Å². The van der Waals surface area contributed by atoms with Gasteiger partial charge >= 0.3 is 0 Å². The average molecular weight is 273 g/mol. The van der Waals surface area contributed by atoms with Crippen LogP contribution in [0.1, 0.15) is 51.5 Å². The molecule has 1 amide bonds. The number of hydrogen-bond donors (Lipinski definition) is 0. The van der Waals surface area contributed by atoms with E-state index in [1.807, 2.05) is 19.1 Å². The number of rotatable bonds is 4. The Labute approximate surface area is 121 Å². The first kappa shape index (κ1) is 14.8. The maximum absolute atomic E-state index is 12.5. The Morgan fingerprint density at radius 2 is 2.15 bits per heavy atom. The number of carbonyl (C=O) groups is 2. The summed E-state index contributed by atoms with van der Waals surface area (Å²) in [6.07, 6.45) is 2.04. The molecule has 0 saturated carbocycles. The highest BCUT2D eigenvalue weighted by atomic mass is 16.2. The van der Waals surface area contributed by atoms with Gasteiger partial charge in [0.15, 0.2) is 0 Å².